The molecule has 2 N–H and O–H groups in total. The van der Waals surface area contributed by atoms with Crippen LogP contribution in [-0.2, 0) is 10.0 Å². The lowest BCUT2D eigenvalue weighted by atomic mass is 10.4. The molecule has 7 heteroatoms. The number of benzene rings is 1. The normalized spacial score (nSPS) is 15.9. The summed E-state index contributed by atoms with van der Waals surface area (Å²) in [5.74, 6) is 0. The minimum atomic E-state index is -3.46. The molecule has 4 nitrogen and oxygen atoms in total. The van der Waals surface area contributed by atoms with E-state index in [9.17, 15) is 8.42 Å². The molecule has 18 heavy (non-hydrogen) atoms. The second-order valence-corrected chi connectivity index (χ2v) is 7.71. The van der Waals surface area contributed by atoms with Gasteiger partial charge in [-0.3, -0.25) is 0 Å². The van der Waals surface area contributed by atoms with Gasteiger partial charge in [-0.2, -0.15) is 0 Å². The molecule has 1 aromatic carbocycles. The van der Waals surface area contributed by atoms with Crippen LogP contribution in [0, 0.1) is 0 Å². The Morgan fingerprint density at radius 2 is 1.94 bits per heavy atom. The molecule has 0 aromatic heterocycles. The average Bonchev–Trinajstić information content (AvgIpc) is 3.12. The summed E-state index contributed by atoms with van der Waals surface area (Å²) >= 11 is 6.53. The van der Waals surface area contributed by atoms with Gasteiger partial charge in [0, 0.05) is 28.1 Å². The Labute approximate surface area is 124 Å². The largest absolute Gasteiger partial charge is 0.313 e. The molecular formula is C11H14Br2N2O2S. The fourth-order valence-electron chi connectivity index (χ4n) is 1.51. The van der Waals surface area contributed by atoms with Gasteiger partial charge in [-0.25, -0.2) is 13.1 Å². The Balaban J connectivity index is 1.97. The second-order valence-electron chi connectivity index (χ2n) is 4.20. The third-order valence-electron chi connectivity index (χ3n) is 2.61. The molecule has 0 atom stereocenters. The standard InChI is InChI=1S/C11H14Br2N2O2S/c12-8-1-4-10(13)11(7-8)18(16,17)15-6-5-14-9-2-3-9/h1,4,7,9,14-15H,2-3,5-6H2. The highest BCUT2D eigenvalue weighted by Gasteiger charge is 2.21. The van der Waals surface area contributed by atoms with Crippen molar-refractivity contribution in [1.29, 1.82) is 0 Å². The molecule has 100 valence electrons. The van der Waals surface area contributed by atoms with Gasteiger partial charge in [-0.1, -0.05) is 15.9 Å². The number of halogens is 2. The molecular weight excluding hydrogens is 384 g/mol. The lowest BCUT2D eigenvalue weighted by Gasteiger charge is -2.09. The highest BCUT2D eigenvalue weighted by molar-refractivity contribution is 9.11. The Morgan fingerprint density at radius 3 is 2.61 bits per heavy atom. The fraction of sp³-hybridized carbons (Fsp3) is 0.455. The van der Waals surface area contributed by atoms with Crippen LogP contribution in [0.15, 0.2) is 32.0 Å². The van der Waals surface area contributed by atoms with E-state index in [2.05, 4.69) is 41.9 Å². The molecule has 0 aliphatic heterocycles. The van der Waals surface area contributed by atoms with Crippen molar-refractivity contribution in [3.8, 4) is 0 Å². The number of sulfonamides is 1. The third kappa shape index (κ3) is 4.03. The fourth-order valence-corrected chi connectivity index (χ4v) is 4.04. The first-order valence-corrected chi connectivity index (χ1v) is 8.74. The van der Waals surface area contributed by atoms with Gasteiger partial charge in [-0.05, 0) is 47.0 Å². The number of hydrogen-bond acceptors (Lipinski definition) is 3. The van der Waals surface area contributed by atoms with Crippen molar-refractivity contribution in [2.24, 2.45) is 0 Å². The Bertz CT molecular complexity index is 530. The van der Waals surface area contributed by atoms with Gasteiger partial charge in [0.2, 0.25) is 10.0 Å². The summed E-state index contributed by atoms with van der Waals surface area (Å²) < 4.78 is 28.0. The van der Waals surface area contributed by atoms with Crippen LogP contribution in [0.4, 0.5) is 0 Å². The van der Waals surface area contributed by atoms with E-state index < -0.39 is 10.0 Å². The first-order valence-electron chi connectivity index (χ1n) is 5.67. The Kier molecular flexibility index (Phi) is 4.82. The van der Waals surface area contributed by atoms with Crippen molar-refractivity contribution >= 4 is 41.9 Å². The molecule has 2 rings (SSSR count). The van der Waals surface area contributed by atoms with E-state index in [1.165, 1.54) is 12.8 Å². The van der Waals surface area contributed by atoms with Crippen LogP contribution in [-0.4, -0.2) is 27.5 Å². The summed E-state index contributed by atoms with van der Waals surface area (Å²) in [6, 6.07) is 5.67. The SMILES string of the molecule is O=S(=O)(NCCNC1CC1)c1cc(Br)ccc1Br. The highest BCUT2D eigenvalue weighted by atomic mass is 79.9. The zero-order valence-corrected chi connectivity index (χ0v) is 13.6. The summed E-state index contributed by atoms with van der Waals surface area (Å²) in [5, 5.41) is 3.26. The minimum absolute atomic E-state index is 0.253. The molecule has 1 aliphatic carbocycles. The molecule has 0 amide bonds. The lowest BCUT2D eigenvalue weighted by molar-refractivity contribution is 0.575. The summed E-state index contributed by atoms with van der Waals surface area (Å²) in [7, 11) is -3.46. The van der Waals surface area contributed by atoms with Gasteiger partial charge >= 0.3 is 0 Å². The van der Waals surface area contributed by atoms with Crippen LogP contribution in [0.2, 0.25) is 0 Å². The van der Waals surface area contributed by atoms with Gasteiger partial charge in [0.15, 0.2) is 0 Å². The summed E-state index contributed by atoms with van der Waals surface area (Å²) in [6.07, 6.45) is 2.40. The average molecular weight is 398 g/mol. The van der Waals surface area contributed by atoms with Gasteiger partial charge in [-0.15, -0.1) is 0 Å². The first kappa shape index (κ1) is 14.5. The molecule has 0 saturated heterocycles. The molecule has 1 saturated carbocycles. The number of rotatable bonds is 6. The molecule has 0 unspecified atom stereocenters. The van der Waals surface area contributed by atoms with E-state index in [0.717, 1.165) is 4.47 Å². The van der Waals surface area contributed by atoms with Gasteiger partial charge < -0.3 is 5.32 Å². The quantitative estimate of drug-likeness (QED) is 0.723. The predicted octanol–water partition coefficient (Wildman–Crippen LogP) is 2.24. The number of nitrogens with one attached hydrogen (secondary N) is 2. The van der Waals surface area contributed by atoms with Crippen molar-refractivity contribution in [3.63, 3.8) is 0 Å². The first-order chi connectivity index (χ1) is 8.49. The van der Waals surface area contributed by atoms with Crippen molar-refractivity contribution in [2.45, 2.75) is 23.8 Å². The van der Waals surface area contributed by atoms with E-state index >= 15 is 0 Å². The third-order valence-corrected chi connectivity index (χ3v) is 5.56. The molecule has 1 fully saturated rings. The van der Waals surface area contributed by atoms with Crippen LogP contribution in [0.25, 0.3) is 0 Å². The smallest absolute Gasteiger partial charge is 0.241 e. The van der Waals surface area contributed by atoms with Crippen LogP contribution in [0.3, 0.4) is 0 Å². The molecule has 1 aromatic rings. The maximum Gasteiger partial charge on any atom is 0.241 e. The maximum atomic E-state index is 12.1. The van der Waals surface area contributed by atoms with E-state index in [1.54, 1.807) is 18.2 Å². The molecule has 0 heterocycles. The van der Waals surface area contributed by atoms with E-state index in [1.807, 2.05) is 0 Å². The van der Waals surface area contributed by atoms with Crippen LogP contribution in [0.5, 0.6) is 0 Å². The number of hydrogen-bond donors (Lipinski definition) is 2. The lowest BCUT2D eigenvalue weighted by Crippen LogP contribution is -2.32. The van der Waals surface area contributed by atoms with Crippen molar-refractivity contribution in [2.75, 3.05) is 13.1 Å². The van der Waals surface area contributed by atoms with Crippen LogP contribution in [0.1, 0.15) is 12.8 Å². The molecule has 0 spiro atoms. The van der Waals surface area contributed by atoms with Crippen LogP contribution < -0.4 is 10.0 Å². The topological polar surface area (TPSA) is 58.2 Å². The highest BCUT2D eigenvalue weighted by Crippen LogP contribution is 2.25. The summed E-state index contributed by atoms with van der Waals surface area (Å²) in [4.78, 5) is 0.253. The zero-order chi connectivity index (χ0) is 13.2. The molecule has 0 bridgehead atoms. The monoisotopic (exact) mass is 396 g/mol. The van der Waals surface area contributed by atoms with Gasteiger partial charge in [0.1, 0.15) is 0 Å². The molecule has 1 aliphatic rings. The van der Waals surface area contributed by atoms with Crippen molar-refractivity contribution in [1.82, 2.24) is 10.0 Å². The Hall–Kier alpha value is 0.0500. The van der Waals surface area contributed by atoms with E-state index in [0.29, 0.717) is 23.6 Å². The summed E-state index contributed by atoms with van der Waals surface area (Å²) in [5.41, 5.74) is 0. The van der Waals surface area contributed by atoms with E-state index in [-0.39, 0.29) is 4.90 Å². The second kappa shape index (κ2) is 6.00. The predicted molar refractivity (Wildman–Crippen MR) is 78.1 cm³/mol. The molecule has 0 radical (unpaired) electrons. The Morgan fingerprint density at radius 1 is 1.22 bits per heavy atom. The zero-order valence-electron chi connectivity index (χ0n) is 9.62. The van der Waals surface area contributed by atoms with Gasteiger partial charge in [0.05, 0.1) is 4.90 Å². The van der Waals surface area contributed by atoms with E-state index in [4.69, 9.17) is 0 Å². The van der Waals surface area contributed by atoms with Crippen molar-refractivity contribution in [3.05, 3.63) is 27.1 Å². The minimum Gasteiger partial charge on any atom is -0.313 e. The van der Waals surface area contributed by atoms with Crippen LogP contribution >= 0.6 is 31.9 Å². The summed E-state index contributed by atoms with van der Waals surface area (Å²) in [6.45, 7) is 1.06. The maximum absolute atomic E-state index is 12.1. The van der Waals surface area contributed by atoms with Crippen molar-refractivity contribution < 1.29 is 8.42 Å². The van der Waals surface area contributed by atoms with Gasteiger partial charge in [0.25, 0.3) is 0 Å².